The SMILES string of the molecule is Cc1noc(C)c1COc1cccc(C(=O)O[C@@H](C)C(=O)N(C)CCC#N)c1. The average molecular weight is 385 g/mol. The molecule has 1 aromatic carbocycles. The molecule has 8 nitrogen and oxygen atoms in total. The van der Waals surface area contributed by atoms with Crippen LogP contribution in [0.4, 0.5) is 0 Å². The number of rotatable bonds is 8. The van der Waals surface area contributed by atoms with E-state index >= 15 is 0 Å². The Morgan fingerprint density at radius 1 is 1.36 bits per heavy atom. The molecule has 1 amide bonds. The monoisotopic (exact) mass is 385 g/mol. The van der Waals surface area contributed by atoms with E-state index in [1.165, 1.54) is 11.8 Å². The Morgan fingerprint density at radius 3 is 2.75 bits per heavy atom. The summed E-state index contributed by atoms with van der Waals surface area (Å²) >= 11 is 0. The van der Waals surface area contributed by atoms with Gasteiger partial charge in [0, 0.05) is 13.6 Å². The van der Waals surface area contributed by atoms with Gasteiger partial charge in [0.2, 0.25) is 0 Å². The predicted octanol–water partition coefficient (Wildman–Crippen LogP) is 2.79. The molecule has 0 aliphatic carbocycles. The quantitative estimate of drug-likeness (QED) is 0.643. The van der Waals surface area contributed by atoms with Crippen LogP contribution in [0.25, 0.3) is 0 Å². The number of hydrogen-bond acceptors (Lipinski definition) is 7. The van der Waals surface area contributed by atoms with E-state index < -0.39 is 12.1 Å². The molecule has 1 heterocycles. The Hall–Kier alpha value is -3.34. The second-order valence-corrected chi connectivity index (χ2v) is 6.33. The largest absolute Gasteiger partial charge is 0.489 e. The molecule has 0 unspecified atom stereocenters. The maximum atomic E-state index is 12.4. The average Bonchev–Trinajstić information content (AvgIpc) is 3.01. The fourth-order valence-electron chi connectivity index (χ4n) is 2.49. The zero-order valence-electron chi connectivity index (χ0n) is 16.4. The lowest BCUT2D eigenvalue weighted by Crippen LogP contribution is -2.37. The van der Waals surface area contributed by atoms with Crippen molar-refractivity contribution in [1.29, 1.82) is 5.26 Å². The molecule has 0 spiro atoms. The highest BCUT2D eigenvalue weighted by molar-refractivity contribution is 5.92. The van der Waals surface area contributed by atoms with Crippen molar-refractivity contribution in [3.8, 4) is 11.8 Å². The van der Waals surface area contributed by atoms with Gasteiger partial charge in [-0.05, 0) is 39.0 Å². The van der Waals surface area contributed by atoms with E-state index in [-0.39, 0.29) is 31.0 Å². The van der Waals surface area contributed by atoms with Crippen LogP contribution >= 0.6 is 0 Å². The Morgan fingerprint density at radius 2 is 2.11 bits per heavy atom. The van der Waals surface area contributed by atoms with E-state index in [0.717, 1.165) is 11.3 Å². The third-order valence-electron chi connectivity index (χ3n) is 4.20. The number of esters is 1. The summed E-state index contributed by atoms with van der Waals surface area (Å²) in [5.41, 5.74) is 1.88. The zero-order valence-corrected chi connectivity index (χ0v) is 16.4. The van der Waals surface area contributed by atoms with E-state index in [0.29, 0.717) is 11.5 Å². The molecule has 0 aliphatic heterocycles. The number of aryl methyl sites for hydroxylation is 2. The number of nitrogens with zero attached hydrogens (tertiary/aromatic N) is 3. The molecule has 0 aliphatic rings. The first-order chi connectivity index (χ1) is 13.3. The number of carbonyl (C=O) groups is 2. The minimum atomic E-state index is -0.955. The standard InChI is InChI=1S/C20H23N3O5/c1-13-18(14(2)28-22-13)12-26-17-8-5-7-16(11-17)20(25)27-15(3)19(24)23(4)10-6-9-21/h5,7-8,11,15H,6,10,12H2,1-4H3/t15-/m0/s1. The van der Waals surface area contributed by atoms with Crippen molar-refractivity contribution in [2.75, 3.05) is 13.6 Å². The summed E-state index contributed by atoms with van der Waals surface area (Å²) in [6.45, 7) is 5.68. The smallest absolute Gasteiger partial charge is 0.339 e. The van der Waals surface area contributed by atoms with Crippen LogP contribution < -0.4 is 4.74 Å². The first-order valence-electron chi connectivity index (χ1n) is 8.81. The van der Waals surface area contributed by atoms with E-state index in [4.69, 9.17) is 19.3 Å². The lowest BCUT2D eigenvalue weighted by molar-refractivity contribution is -0.138. The Bertz CT molecular complexity index is 865. The van der Waals surface area contributed by atoms with Crippen molar-refractivity contribution in [3.63, 3.8) is 0 Å². The molecule has 0 bridgehead atoms. The molecule has 148 valence electrons. The van der Waals surface area contributed by atoms with Gasteiger partial charge in [0.25, 0.3) is 5.91 Å². The van der Waals surface area contributed by atoms with Gasteiger partial charge in [-0.2, -0.15) is 5.26 Å². The highest BCUT2D eigenvalue weighted by atomic mass is 16.5. The summed E-state index contributed by atoms with van der Waals surface area (Å²) in [7, 11) is 1.56. The number of carbonyl (C=O) groups excluding carboxylic acids is 2. The first-order valence-corrected chi connectivity index (χ1v) is 8.81. The molecule has 28 heavy (non-hydrogen) atoms. The molecule has 0 radical (unpaired) electrons. The molecule has 0 fully saturated rings. The molecule has 0 saturated heterocycles. The van der Waals surface area contributed by atoms with Gasteiger partial charge in [-0.1, -0.05) is 11.2 Å². The van der Waals surface area contributed by atoms with Gasteiger partial charge in [0.15, 0.2) is 6.10 Å². The van der Waals surface area contributed by atoms with Crippen molar-refractivity contribution in [1.82, 2.24) is 10.1 Å². The van der Waals surface area contributed by atoms with Crippen LogP contribution in [0.1, 0.15) is 40.7 Å². The van der Waals surface area contributed by atoms with Crippen LogP contribution in [0.2, 0.25) is 0 Å². The van der Waals surface area contributed by atoms with E-state index in [1.54, 1.807) is 38.2 Å². The molecule has 1 aromatic heterocycles. The van der Waals surface area contributed by atoms with E-state index in [9.17, 15) is 9.59 Å². The number of amides is 1. The summed E-state index contributed by atoms with van der Waals surface area (Å²) < 4.78 is 16.1. The minimum Gasteiger partial charge on any atom is -0.489 e. The third-order valence-corrected chi connectivity index (χ3v) is 4.20. The number of likely N-dealkylation sites (N-methyl/N-ethyl adjacent to an activating group) is 1. The topological polar surface area (TPSA) is 106 Å². The lowest BCUT2D eigenvalue weighted by atomic mass is 10.2. The van der Waals surface area contributed by atoms with Gasteiger partial charge < -0.3 is 18.9 Å². The van der Waals surface area contributed by atoms with Crippen molar-refractivity contribution in [3.05, 3.63) is 46.8 Å². The molecule has 0 N–H and O–H groups in total. The Kier molecular flexibility index (Phi) is 7.15. The van der Waals surface area contributed by atoms with Crippen molar-refractivity contribution < 1.29 is 23.6 Å². The summed E-state index contributed by atoms with van der Waals surface area (Å²) in [5, 5.41) is 12.5. The van der Waals surface area contributed by atoms with E-state index in [1.807, 2.05) is 13.0 Å². The number of nitriles is 1. The van der Waals surface area contributed by atoms with Gasteiger partial charge in [-0.25, -0.2) is 4.79 Å². The van der Waals surface area contributed by atoms with Crippen LogP contribution in [0.15, 0.2) is 28.8 Å². The van der Waals surface area contributed by atoms with Crippen LogP contribution in [0, 0.1) is 25.2 Å². The van der Waals surface area contributed by atoms with Gasteiger partial charge >= 0.3 is 5.97 Å². The normalized spacial score (nSPS) is 11.4. The van der Waals surface area contributed by atoms with Crippen LogP contribution in [0.5, 0.6) is 5.75 Å². The van der Waals surface area contributed by atoms with Gasteiger partial charge in [0.05, 0.1) is 29.3 Å². The van der Waals surface area contributed by atoms with Crippen molar-refractivity contribution >= 4 is 11.9 Å². The highest BCUT2D eigenvalue weighted by Gasteiger charge is 2.22. The molecule has 8 heteroatoms. The summed E-state index contributed by atoms with van der Waals surface area (Å²) in [4.78, 5) is 25.9. The van der Waals surface area contributed by atoms with Crippen molar-refractivity contribution in [2.45, 2.75) is 39.9 Å². The van der Waals surface area contributed by atoms with E-state index in [2.05, 4.69) is 5.16 Å². The van der Waals surface area contributed by atoms with Crippen LogP contribution in [0.3, 0.4) is 0 Å². The highest BCUT2D eigenvalue weighted by Crippen LogP contribution is 2.19. The maximum Gasteiger partial charge on any atom is 0.339 e. The summed E-state index contributed by atoms with van der Waals surface area (Å²) in [5.74, 6) is 0.173. The number of benzene rings is 1. The molecule has 2 aromatic rings. The van der Waals surface area contributed by atoms with Crippen LogP contribution in [-0.2, 0) is 16.1 Å². The number of aromatic nitrogens is 1. The molecule has 2 rings (SSSR count). The Balaban J connectivity index is 1.98. The van der Waals surface area contributed by atoms with Gasteiger partial charge in [-0.3, -0.25) is 4.79 Å². The van der Waals surface area contributed by atoms with Crippen LogP contribution in [-0.4, -0.2) is 41.6 Å². The molecule has 1 atom stereocenters. The second kappa shape index (κ2) is 9.55. The molecular weight excluding hydrogens is 362 g/mol. The minimum absolute atomic E-state index is 0.216. The predicted molar refractivity (Wildman–Crippen MR) is 99.5 cm³/mol. The Labute approximate surface area is 163 Å². The number of ether oxygens (including phenoxy) is 2. The third kappa shape index (κ3) is 5.33. The number of hydrogen-bond donors (Lipinski definition) is 0. The summed E-state index contributed by atoms with van der Waals surface area (Å²) in [6, 6.07) is 8.50. The molecular formula is C20H23N3O5. The van der Waals surface area contributed by atoms with Gasteiger partial charge in [-0.15, -0.1) is 0 Å². The maximum absolute atomic E-state index is 12.4. The van der Waals surface area contributed by atoms with Crippen molar-refractivity contribution in [2.24, 2.45) is 0 Å². The fourth-order valence-corrected chi connectivity index (χ4v) is 2.49. The molecule has 0 saturated carbocycles. The lowest BCUT2D eigenvalue weighted by Gasteiger charge is -2.20. The zero-order chi connectivity index (χ0) is 20.7. The second-order valence-electron chi connectivity index (χ2n) is 6.33. The van der Waals surface area contributed by atoms with Gasteiger partial charge in [0.1, 0.15) is 18.1 Å². The fraction of sp³-hybridized carbons (Fsp3) is 0.400. The first kappa shape index (κ1) is 21.0. The summed E-state index contributed by atoms with van der Waals surface area (Å²) in [6.07, 6.45) is -0.740.